The molecule has 1 N–H and O–H groups in total. The summed E-state index contributed by atoms with van der Waals surface area (Å²) in [7, 11) is 7.86. The van der Waals surface area contributed by atoms with E-state index in [4.69, 9.17) is 0 Å². The molecule has 0 saturated carbocycles. The molecule has 0 unspecified atom stereocenters. The van der Waals surface area contributed by atoms with Crippen molar-refractivity contribution in [3.05, 3.63) is 28.2 Å². The van der Waals surface area contributed by atoms with E-state index in [1.54, 1.807) is 6.07 Å². The normalized spacial score (nSPS) is 9.94. The van der Waals surface area contributed by atoms with Gasteiger partial charge in [0.15, 0.2) is 5.96 Å². The highest BCUT2D eigenvalue weighted by Gasteiger charge is 2.04. The number of phenols is 1. The number of rotatable bonds is 2. The summed E-state index contributed by atoms with van der Waals surface area (Å²) in [4.78, 5) is 8.47. The highest BCUT2D eigenvalue weighted by Crippen LogP contribution is 2.24. The molecular formula is C12H18BrN3O. The van der Waals surface area contributed by atoms with E-state index in [0.717, 1.165) is 11.5 Å². The molecule has 0 aromatic heterocycles. The van der Waals surface area contributed by atoms with Crippen molar-refractivity contribution < 1.29 is 5.11 Å². The van der Waals surface area contributed by atoms with E-state index in [1.165, 1.54) is 0 Å². The third kappa shape index (κ3) is 3.93. The molecule has 0 bridgehead atoms. The lowest BCUT2D eigenvalue weighted by Crippen LogP contribution is -2.35. The first-order chi connectivity index (χ1) is 7.91. The van der Waals surface area contributed by atoms with Gasteiger partial charge in [-0.25, -0.2) is 4.99 Å². The lowest BCUT2D eigenvalue weighted by atomic mass is 10.2. The highest BCUT2D eigenvalue weighted by molar-refractivity contribution is 9.10. The first kappa shape index (κ1) is 13.8. The van der Waals surface area contributed by atoms with E-state index in [9.17, 15) is 5.11 Å². The maximum absolute atomic E-state index is 9.40. The molecule has 0 fully saturated rings. The molecule has 17 heavy (non-hydrogen) atoms. The number of aromatic hydroxyl groups is 1. The van der Waals surface area contributed by atoms with E-state index < -0.39 is 0 Å². The topological polar surface area (TPSA) is 39.1 Å². The Morgan fingerprint density at radius 1 is 1.24 bits per heavy atom. The van der Waals surface area contributed by atoms with Crippen LogP contribution >= 0.6 is 15.9 Å². The lowest BCUT2D eigenvalue weighted by molar-refractivity contribution is 0.471. The molecule has 0 aliphatic heterocycles. The van der Waals surface area contributed by atoms with Gasteiger partial charge in [0.25, 0.3) is 0 Å². The maximum Gasteiger partial charge on any atom is 0.195 e. The molecule has 4 nitrogen and oxygen atoms in total. The van der Waals surface area contributed by atoms with Gasteiger partial charge in [-0.1, -0.05) is 6.07 Å². The number of hydrogen-bond acceptors (Lipinski definition) is 2. The van der Waals surface area contributed by atoms with Gasteiger partial charge in [-0.05, 0) is 33.6 Å². The van der Waals surface area contributed by atoms with Crippen LogP contribution in [0.2, 0.25) is 0 Å². The van der Waals surface area contributed by atoms with Crippen LogP contribution in [0.1, 0.15) is 5.56 Å². The zero-order chi connectivity index (χ0) is 13.0. The van der Waals surface area contributed by atoms with Crippen molar-refractivity contribution in [1.82, 2.24) is 9.80 Å². The predicted molar refractivity (Wildman–Crippen MR) is 74.3 cm³/mol. The smallest absolute Gasteiger partial charge is 0.195 e. The summed E-state index contributed by atoms with van der Waals surface area (Å²) in [5, 5.41) is 9.40. The fourth-order valence-corrected chi connectivity index (χ4v) is 1.92. The molecular weight excluding hydrogens is 282 g/mol. The van der Waals surface area contributed by atoms with Crippen molar-refractivity contribution in [1.29, 1.82) is 0 Å². The molecule has 1 aromatic carbocycles. The first-order valence-corrected chi connectivity index (χ1v) is 6.07. The van der Waals surface area contributed by atoms with Gasteiger partial charge in [-0.2, -0.15) is 0 Å². The third-order valence-electron chi connectivity index (χ3n) is 2.22. The van der Waals surface area contributed by atoms with Gasteiger partial charge in [0.05, 0.1) is 11.0 Å². The van der Waals surface area contributed by atoms with Crippen molar-refractivity contribution >= 4 is 21.9 Å². The average molecular weight is 300 g/mol. The number of halogens is 1. The Bertz CT molecular complexity index is 406. The van der Waals surface area contributed by atoms with E-state index in [2.05, 4.69) is 20.9 Å². The second-order valence-corrected chi connectivity index (χ2v) is 5.05. The molecule has 1 aromatic rings. The maximum atomic E-state index is 9.40. The number of nitrogens with zero attached hydrogens (tertiary/aromatic N) is 3. The molecule has 0 atom stereocenters. The first-order valence-electron chi connectivity index (χ1n) is 5.28. The Labute approximate surface area is 111 Å². The van der Waals surface area contributed by atoms with E-state index in [0.29, 0.717) is 11.0 Å². The average Bonchev–Trinajstić information content (AvgIpc) is 2.22. The number of phenolic OH excluding ortho intramolecular Hbond substituents is 1. The predicted octanol–water partition coefficient (Wildman–Crippen LogP) is 2.13. The number of benzene rings is 1. The van der Waals surface area contributed by atoms with Crippen LogP contribution in [0.4, 0.5) is 0 Å². The SMILES string of the molecule is CN(C)C(=NCc1ccc(O)c(Br)c1)N(C)C. The largest absolute Gasteiger partial charge is 0.507 e. The zero-order valence-electron chi connectivity index (χ0n) is 10.6. The van der Waals surface area contributed by atoms with Crippen LogP contribution in [0.25, 0.3) is 0 Å². The molecule has 0 radical (unpaired) electrons. The zero-order valence-corrected chi connectivity index (χ0v) is 12.2. The molecule has 0 amide bonds. The van der Waals surface area contributed by atoms with Crippen LogP contribution in [0, 0.1) is 0 Å². The van der Waals surface area contributed by atoms with Crippen LogP contribution in [0.3, 0.4) is 0 Å². The Hall–Kier alpha value is -1.23. The quantitative estimate of drug-likeness (QED) is 0.672. The van der Waals surface area contributed by atoms with Crippen LogP contribution in [-0.4, -0.2) is 49.1 Å². The van der Waals surface area contributed by atoms with Crippen molar-refractivity contribution in [3.8, 4) is 5.75 Å². The molecule has 0 heterocycles. The van der Waals surface area contributed by atoms with E-state index in [1.807, 2.05) is 50.1 Å². The van der Waals surface area contributed by atoms with E-state index in [-0.39, 0.29) is 5.75 Å². The van der Waals surface area contributed by atoms with Crippen LogP contribution in [0.15, 0.2) is 27.7 Å². The van der Waals surface area contributed by atoms with Crippen molar-refractivity contribution in [3.63, 3.8) is 0 Å². The summed E-state index contributed by atoms with van der Waals surface area (Å²) in [5.74, 6) is 1.16. The second-order valence-electron chi connectivity index (χ2n) is 4.19. The summed E-state index contributed by atoms with van der Waals surface area (Å²) in [6, 6.07) is 5.41. The number of hydrogen-bond donors (Lipinski definition) is 1. The van der Waals surface area contributed by atoms with Crippen LogP contribution in [0.5, 0.6) is 5.75 Å². The summed E-state index contributed by atoms with van der Waals surface area (Å²) in [6.07, 6.45) is 0. The van der Waals surface area contributed by atoms with Crippen LogP contribution < -0.4 is 0 Å². The van der Waals surface area contributed by atoms with Gasteiger partial charge in [-0.3, -0.25) is 0 Å². The Balaban J connectivity index is 2.83. The summed E-state index contributed by atoms with van der Waals surface area (Å²) in [6.45, 7) is 0.588. The third-order valence-corrected chi connectivity index (χ3v) is 2.85. The number of aliphatic imine (C=N–C) groups is 1. The summed E-state index contributed by atoms with van der Waals surface area (Å²) < 4.78 is 0.696. The molecule has 94 valence electrons. The van der Waals surface area contributed by atoms with Gasteiger partial charge >= 0.3 is 0 Å². The Morgan fingerprint density at radius 3 is 2.29 bits per heavy atom. The van der Waals surface area contributed by atoms with Gasteiger partial charge in [0.1, 0.15) is 5.75 Å². The molecule has 1 rings (SSSR count). The van der Waals surface area contributed by atoms with Crippen molar-refractivity contribution in [2.75, 3.05) is 28.2 Å². The minimum Gasteiger partial charge on any atom is -0.507 e. The van der Waals surface area contributed by atoms with Crippen molar-refractivity contribution in [2.24, 2.45) is 4.99 Å². The minimum atomic E-state index is 0.248. The number of guanidine groups is 1. The Kier molecular flexibility index (Phi) is 4.81. The molecule has 0 aliphatic rings. The molecule has 0 aliphatic carbocycles. The monoisotopic (exact) mass is 299 g/mol. The van der Waals surface area contributed by atoms with Gasteiger partial charge in [-0.15, -0.1) is 0 Å². The lowest BCUT2D eigenvalue weighted by Gasteiger charge is -2.22. The molecule has 0 spiro atoms. The Morgan fingerprint density at radius 2 is 1.82 bits per heavy atom. The van der Waals surface area contributed by atoms with Crippen LogP contribution in [-0.2, 0) is 6.54 Å². The van der Waals surface area contributed by atoms with Gasteiger partial charge in [0, 0.05) is 28.2 Å². The second kappa shape index (κ2) is 5.91. The highest BCUT2D eigenvalue weighted by atomic mass is 79.9. The van der Waals surface area contributed by atoms with Gasteiger partial charge in [0.2, 0.25) is 0 Å². The fraction of sp³-hybridized carbons (Fsp3) is 0.417. The molecule has 5 heteroatoms. The fourth-order valence-electron chi connectivity index (χ4n) is 1.49. The summed E-state index contributed by atoms with van der Waals surface area (Å²) >= 11 is 3.29. The minimum absolute atomic E-state index is 0.248. The standard InChI is InChI=1S/C12H18BrN3O/c1-15(2)12(16(3)4)14-8-9-5-6-11(17)10(13)7-9/h5-7,17H,8H2,1-4H3. The van der Waals surface area contributed by atoms with Gasteiger partial charge < -0.3 is 14.9 Å². The van der Waals surface area contributed by atoms with E-state index >= 15 is 0 Å². The summed E-state index contributed by atoms with van der Waals surface area (Å²) in [5.41, 5.74) is 1.05. The molecule has 0 saturated heterocycles. The van der Waals surface area contributed by atoms with Crippen molar-refractivity contribution in [2.45, 2.75) is 6.54 Å².